The molecule has 1 heterocycles. The summed E-state index contributed by atoms with van der Waals surface area (Å²) in [5.41, 5.74) is 0.930. The Labute approximate surface area is 119 Å². The monoisotopic (exact) mass is 326 g/mol. The lowest BCUT2D eigenvalue weighted by Gasteiger charge is -2.28. The molecule has 0 spiro atoms. The van der Waals surface area contributed by atoms with Crippen LogP contribution in [0.2, 0.25) is 0 Å². The maximum Gasteiger partial charge on any atom is 0.475 e. The van der Waals surface area contributed by atoms with E-state index in [1.807, 2.05) is 30.3 Å². The molecule has 0 amide bonds. The van der Waals surface area contributed by atoms with Gasteiger partial charge in [-0.05, 0) is 5.56 Å². The van der Waals surface area contributed by atoms with Gasteiger partial charge in [-0.1, -0.05) is 30.3 Å². The Hall–Kier alpha value is -0.920. The Bertz CT molecular complexity index is 481. The van der Waals surface area contributed by atoms with Crippen LogP contribution in [-0.2, 0) is 29.5 Å². The highest BCUT2D eigenvalue weighted by Crippen LogP contribution is 2.52. The normalized spacial score (nSPS) is 26.7. The maximum absolute atomic E-state index is 12.0. The van der Waals surface area contributed by atoms with Crippen molar-refractivity contribution in [1.29, 1.82) is 0 Å². The average Bonchev–Trinajstić information content (AvgIpc) is 2.45. The van der Waals surface area contributed by atoms with Gasteiger partial charge in [-0.25, -0.2) is 4.57 Å². The number of halogens is 3. The van der Waals surface area contributed by atoms with E-state index in [2.05, 4.69) is 4.52 Å². The summed E-state index contributed by atoms with van der Waals surface area (Å²) in [7, 11) is -4.14. The van der Waals surface area contributed by atoms with Gasteiger partial charge in [-0.3, -0.25) is 13.6 Å². The molecule has 0 aromatic heterocycles. The summed E-state index contributed by atoms with van der Waals surface area (Å²) in [6.07, 6.45) is -5.10. The fourth-order valence-corrected chi connectivity index (χ4v) is 2.77. The zero-order chi connectivity index (χ0) is 15.3. The molecule has 0 aliphatic carbocycles. The second kappa shape index (κ2) is 6.89. The number of ether oxygens (including phenoxy) is 1. The van der Waals surface area contributed by atoms with Crippen LogP contribution in [0.3, 0.4) is 0 Å². The van der Waals surface area contributed by atoms with Crippen molar-refractivity contribution < 1.29 is 36.0 Å². The number of phosphoric acid groups is 1. The predicted molar refractivity (Wildman–Crippen MR) is 66.5 cm³/mol. The number of hydrogen-bond acceptors (Lipinski definition) is 5. The number of phosphoric ester groups is 1. The molecular weight excluding hydrogens is 312 g/mol. The maximum atomic E-state index is 12.0. The van der Waals surface area contributed by atoms with Gasteiger partial charge in [0.2, 0.25) is 0 Å². The topological polar surface area (TPSA) is 54.0 Å². The van der Waals surface area contributed by atoms with Crippen molar-refractivity contribution in [3.8, 4) is 0 Å². The van der Waals surface area contributed by atoms with E-state index in [0.717, 1.165) is 5.56 Å². The summed E-state index contributed by atoms with van der Waals surface area (Å²) in [6.45, 7) is -1.68. The van der Waals surface area contributed by atoms with Crippen LogP contribution in [0.25, 0.3) is 0 Å². The third-order valence-electron chi connectivity index (χ3n) is 2.55. The Morgan fingerprint density at radius 2 is 1.81 bits per heavy atom. The van der Waals surface area contributed by atoms with Crippen LogP contribution >= 0.6 is 7.82 Å². The van der Waals surface area contributed by atoms with Gasteiger partial charge >= 0.3 is 14.0 Å². The molecule has 1 aliphatic rings. The van der Waals surface area contributed by atoms with E-state index >= 15 is 0 Å². The molecule has 9 heteroatoms. The molecule has 1 aromatic rings. The van der Waals surface area contributed by atoms with Crippen LogP contribution < -0.4 is 0 Å². The summed E-state index contributed by atoms with van der Waals surface area (Å²) in [4.78, 5) is 0. The molecule has 0 atom stereocenters. The first-order valence-corrected chi connectivity index (χ1v) is 7.58. The highest BCUT2D eigenvalue weighted by Gasteiger charge is 2.39. The average molecular weight is 326 g/mol. The first-order valence-electron chi connectivity index (χ1n) is 6.12. The summed E-state index contributed by atoms with van der Waals surface area (Å²) in [6, 6.07) is 9.30. The Morgan fingerprint density at radius 3 is 2.38 bits per heavy atom. The first-order chi connectivity index (χ1) is 9.86. The van der Waals surface area contributed by atoms with Crippen LogP contribution in [0.15, 0.2) is 30.3 Å². The Balaban J connectivity index is 1.74. The second-order valence-electron chi connectivity index (χ2n) is 4.35. The molecule has 1 aromatic carbocycles. The van der Waals surface area contributed by atoms with Gasteiger partial charge in [-0.15, -0.1) is 0 Å². The minimum atomic E-state index is -4.59. The van der Waals surface area contributed by atoms with Crippen molar-refractivity contribution in [2.45, 2.75) is 18.9 Å². The first kappa shape index (κ1) is 16.5. The van der Waals surface area contributed by atoms with E-state index in [9.17, 15) is 17.7 Å². The molecule has 0 bridgehead atoms. The van der Waals surface area contributed by atoms with Crippen LogP contribution in [0, 0.1) is 0 Å². The second-order valence-corrected chi connectivity index (χ2v) is 6.01. The lowest BCUT2D eigenvalue weighted by atomic mass is 10.2. The third kappa shape index (κ3) is 5.76. The predicted octanol–water partition coefficient (Wildman–Crippen LogP) is 3.31. The molecule has 0 N–H and O–H groups in total. The van der Waals surface area contributed by atoms with Gasteiger partial charge in [-0.2, -0.15) is 13.2 Å². The number of alkyl halides is 3. The van der Waals surface area contributed by atoms with Gasteiger partial charge in [0.05, 0.1) is 19.8 Å². The van der Waals surface area contributed by atoms with E-state index in [1.54, 1.807) is 0 Å². The highest BCUT2D eigenvalue weighted by atomic mass is 31.2. The van der Waals surface area contributed by atoms with E-state index in [1.165, 1.54) is 0 Å². The lowest BCUT2D eigenvalue weighted by molar-refractivity contribution is -0.162. The molecule has 0 saturated carbocycles. The minimum absolute atomic E-state index is 0.151. The summed E-state index contributed by atoms with van der Waals surface area (Å²) in [5.74, 6) is 0. The van der Waals surface area contributed by atoms with Crippen molar-refractivity contribution in [3.05, 3.63) is 35.9 Å². The Kier molecular flexibility index (Phi) is 5.40. The standard InChI is InChI=1S/C12H14F3O5P/c13-12(14,15)9-20-21(16)18-7-11(8-19-21)17-6-10-4-2-1-3-5-10/h1-5,11H,6-9H2. The van der Waals surface area contributed by atoms with Crippen LogP contribution in [0.1, 0.15) is 5.56 Å². The lowest BCUT2D eigenvalue weighted by Crippen LogP contribution is -2.30. The third-order valence-corrected chi connectivity index (χ3v) is 3.93. The fourth-order valence-electron chi connectivity index (χ4n) is 1.55. The zero-order valence-electron chi connectivity index (χ0n) is 10.9. The van der Waals surface area contributed by atoms with Crippen LogP contribution in [0.5, 0.6) is 0 Å². The number of rotatable bonds is 5. The summed E-state index contributed by atoms with van der Waals surface area (Å²) >= 11 is 0. The molecule has 1 fully saturated rings. The van der Waals surface area contributed by atoms with E-state index < -0.39 is 26.7 Å². The molecule has 21 heavy (non-hydrogen) atoms. The molecule has 0 unspecified atom stereocenters. The van der Waals surface area contributed by atoms with Crippen molar-refractivity contribution in [1.82, 2.24) is 0 Å². The van der Waals surface area contributed by atoms with Gasteiger partial charge in [0.25, 0.3) is 0 Å². The molecule has 5 nitrogen and oxygen atoms in total. The van der Waals surface area contributed by atoms with Crippen molar-refractivity contribution in [2.75, 3.05) is 19.8 Å². The van der Waals surface area contributed by atoms with Crippen LogP contribution in [0.4, 0.5) is 13.2 Å². The zero-order valence-corrected chi connectivity index (χ0v) is 11.8. The largest absolute Gasteiger partial charge is 0.475 e. The van der Waals surface area contributed by atoms with Crippen LogP contribution in [-0.4, -0.2) is 32.1 Å². The van der Waals surface area contributed by atoms with Gasteiger partial charge < -0.3 is 4.74 Å². The van der Waals surface area contributed by atoms with Crippen molar-refractivity contribution in [2.24, 2.45) is 0 Å². The smallest absolute Gasteiger partial charge is 0.369 e. The van der Waals surface area contributed by atoms with E-state index in [0.29, 0.717) is 6.61 Å². The molecule has 0 radical (unpaired) electrons. The Morgan fingerprint density at radius 1 is 1.19 bits per heavy atom. The van der Waals surface area contributed by atoms with Gasteiger partial charge in [0.1, 0.15) is 6.10 Å². The molecule has 1 saturated heterocycles. The number of benzene rings is 1. The molecule has 2 rings (SSSR count). The van der Waals surface area contributed by atoms with E-state index in [-0.39, 0.29) is 13.2 Å². The molecule has 1 aliphatic heterocycles. The van der Waals surface area contributed by atoms with E-state index in [4.69, 9.17) is 13.8 Å². The van der Waals surface area contributed by atoms with Gasteiger partial charge in [0, 0.05) is 0 Å². The molecular formula is C12H14F3O5P. The van der Waals surface area contributed by atoms with Crippen molar-refractivity contribution >= 4 is 7.82 Å². The summed E-state index contributed by atoms with van der Waals surface area (Å²) in [5, 5.41) is 0. The van der Waals surface area contributed by atoms with Gasteiger partial charge in [0.15, 0.2) is 6.61 Å². The fraction of sp³-hybridized carbons (Fsp3) is 0.500. The SMILES string of the molecule is O=P1(OCC(F)(F)F)OCC(OCc2ccccc2)CO1. The van der Waals surface area contributed by atoms with Crippen molar-refractivity contribution in [3.63, 3.8) is 0 Å². The minimum Gasteiger partial charge on any atom is -0.369 e. The summed E-state index contributed by atoms with van der Waals surface area (Å²) < 4.78 is 66.8. The highest BCUT2D eigenvalue weighted by molar-refractivity contribution is 7.48. The quantitative estimate of drug-likeness (QED) is 0.777. The number of hydrogen-bond donors (Lipinski definition) is 0. The molecule has 118 valence electrons.